The first kappa shape index (κ1) is 19.3. The first-order valence-corrected chi connectivity index (χ1v) is 9.38. The van der Waals surface area contributed by atoms with Crippen molar-refractivity contribution in [1.82, 2.24) is 20.0 Å². The number of carbonyl (C=O) groups excluding carboxylic acids is 2. The van der Waals surface area contributed by atoms with Gasteiger partial charge in [0.2, 0.25) is 5.91 Å². The van der Waals surface area contributed by atoms with Crippen LogP contribution in [0.3, 0.4) is 0 Å². The quantitative estimate of drug-likeness (QED) is 0.583. The number of amides is 2. The van der Waals surface area contributed by atoms with Crippen LogP contribution in [0.25, 0.3) is 0 Å². The highest BCUT2D eigenvalue weighted by atomic mass is 16.6. The molecule has 0 saturated carbocycles. The molecule has 0 aromatic heterocycles. The molecular weight excluding hydrogens is 322 g/mol. The lowest BCUT2D eigenvalue weighted by atomic mass is 10.3. The average molecular weight is 353 g/mol. The molecule has 142 valence electrons. The van der Waals surface area contributed by atoms with Crippen LogP contribution in [0.15, 0.2) is 4.99 Å². The van der Waals surface area contributed by atoms with Gasteiger partial charge in [0.05, 0.1) is 13.2 Å². The summed E-state index contributed by atoms with van der Waals surface area (Å²) in [6.45, 7) is 9.95. The molecule has 2 aliphatic rings. The number of piperazine rings is 1. The molecular formula is C17H31N5O3. The fourth-order valence-corrected chi connectivity index (χ4v) is 3.12. The van der Waals surface area contributed by atoms with Gasteiger partial charge in [0.1, 0.15) is 0 Å². The summed E-state index contributed by atoms with van der Waals surface area (Å²) in [5, 5.41) is 3.28. The summed E-state index contributed by atoms with van der Waals surface area (Å²) in [5.41, 5.74) is 0. The Bertz CT molecular complexity index is 469. The summed E-state index contributed by atoms with van der Waals surface area (Å²) in [6.07, 6.45) is 2.43. The number of nitrogens with zero attached hydrogens (tertiary/aromatic N) is 4. The minimum absolute atomic E-state index is 0.198. The van der Waals surface area contributed by atoms with Crippen molar-refractivity contribution < 1.29 is 14.3 Å². The Morgan fingerprint density at radius 1 is 0.960 bits per heavy atom. The molecule has 8 nitrogen and oxygen atoms in total. The van der Waals surface area contributed by atoms with E-state index in [4.69, 9.17) is 4.74 Å². The molecule has 0 radical (unpaired) electrons. The molecule has 8 heteroatoms. The summed E-state index contributed by atoms with van der Waals surface area (Å²) in [5.74, 6) is 1.02. The second-order valence-corrected chi connectivity index (χ2v) is 6.25. The highest BCUT2D eigenvalue weighted by molar-refractivity contribution is 5.81. The molecule has 2 aliphatic heterocycles. The Balaban J connectivity index is 1.81. The number of aliphatic imine (C=N–C) groups is 1. The van der Waals surface area contributed by atoms with Crippen LogP contribution >= 0.6 is 0 Å². The third-order valence-corrected chi connectivity index (χ3v) is 4.49. The molecule has 2 fully saturated rings. The molecule has 0 aromatic carbocycles. The van der Waals surface area contributed by atoms with Crippen molar-refractivity contribution in [2.75, 3.05) is 59.0 Å². The Labute approximate surface area is 150 Å². The third-order valence-electron chi connectivity index (χ3n) is 4.49. The molecule has 0 aromatic rings. The second-order valence-electron chi connectivity index (χ2n) is 6.25. The molecule has 2 rings (SSSR count). The molecule has 0 atom stereocenters. The van der Waals surface area contributed by atoms with Gasteiger partial charge in [-0.2, -0.15) is 0 Å². The lowest BCUT2D eigenvalue weighted by Gasteiger charge is -2.35. The molecule has 2 heterocycles. The SMILES string of the molecule is CCNC(=NCCC(=O)N1CCCC1)N1CCN(C(=O)OCC)CC1. The largest absolute Gasteiger partial charge is 0.450 e. The first-order chi connectivity index (χ1) is 12.2. The minimum Gasteiger partial charge on any atom is -0.450 e. The van der Waals surface area contributed by atoms with Crippen molar-refractivity contribution in [2.45, 2.75) is 33.1 Å². The van der Waals surface area contributed by atoms with Gasteiger partial charge in [0, 0.05) is 52.2 Å². The van der Waals surface area contributed by atoms with E-state index in [2.05, 4.69) is 15.2 Å². The zero-order valence-corrected chi connectivity index (χ0v) is 15.5. The molecule has 0 aliphatic carbocycles. The Morgan fingerprint density at radius 2 is 1.60 bits per heavy atom. The maximum absolute atomic E-state index is 12.1. The fourth-order valence-electron chi connectivity index (χ4n) is 3.12. The highest BCUT2D eigenvalue weighted by Gasteiger charge is 2.24. The molecule has 2 saturated heterocycles. The molecule has 0 bridgehead atoms. The molecule has 0 spiro atoms. The lowest BCUT2D eigenvalue weighted by Crippen LogP contribution is -2.54. The van der Waals surface area contributed by atoms with Gasteiger partial charge < -0.3 is 24.8 Å². The Kier molecular flexibility index (Phi) is 7.81. The maximum atomic E-state index is 12.1. The van der Waals surface area contributed by atoms with Gasteiger partial charge in [0.15, 0.2) is 5.96 Å². The zero-order valence-electron chi connectivity index (χ0n) is 15.5. The van der Waals surface area contributed by atoms with Crippen LogP contribution in [0, 0.1) is 0 Å². The van der Waals surface area contributed by atoms with E-state index in [1.54, 1.807) is 4.90 Å². The predicted octanol–water partition coefficient (Wildman–Crippen LogP) is 0.739. The average Bonchev–Trinajstić information content (AvgIpc) is 3.16. The van der Waals surface area contributed by atoms with Gasteiger partial charge >= 0.3 is 6.09 Å². The van der Waals surface area contributed by atoms with Crippen molar-refractivity contribution in [3.05, 3.63) is 0 Å². The van der Waals surface area contributed by atoms with Crippen LogP contribution in [0.2, 0.25) is 0 Å². The van der Waals surface area contributed by atoms with Gasteiger partial charge in [0.25, 0.3) is 0 Å². The Morgan fingerprint density at radius 3 is 2.20 bits per heavy atom. The number of guanidine groups is 1. The van der Waals surface area contributed by atoms with Gasteiger partial charge in [-0.05, 0) is 26.7 Å². The van der Waals surface area contributed by atoms with E-state index in [0.717, 1.165) is 38.4 Å². The minimum atomic E-state index is -0.250. The summed E-state index contributed by atoms with van der Waals surface area (Å²) in [7, 11) is 0. The summed E-state index contributed by atoms with van der Waals surface area (Å²) < 4.78 is 5.05. The van der Waals surface area contributed by atoms with E-state index in [-0.39, 0.29) is 12.0 Å². The normalized spacial score (nSPS) is 18.5. The monoisotopic (exact) mass is 353 g/mol. The van der Waals surface area contributed by atoms with Gasteiger partial charge in [-0.1, -0.05) is 0 Å². The molecule has 25 heavy (non-hydrogen) atoms. The number of ether oxygens (including phenoxy) is 1. The molecule has 2 amide bonds. The standard InChI is InChI=1S/C17H31N5O3/c1-3-18-16(19-8-7-15(23)20-9-5-6-10-20)21-11-13-22(14-12-21)17(24)25-4-2/h3-14H2,1-2H3,(H,18,19). The molecule has 1 N–H and O–H groups in total. The Hall–Kier alpha value is -1.99. The summed E-state index contributed by atoms with van der Waals surface area (Å²) >= 11 is 0. The zero-order chi connectivity index (χ0) is 18.1. The number of hydrogen-bond acceptors (Lipinski definition) is 4. The van der Waals surface area contributed by atoms with E-state index >= 15 is 0 Å². The van der Waals surface area contributed by atoms with E-state index in [0.29, 0.717) is 45.8 Å². The summed E-state index contributed by atoms with van der Waals surface area (Å²) in [4.78, 5) is 34.3. The van der Waals surface area contributed by atoms with Gasteiger partial charge in [-0.3, -0.25) is 9.79 Å². The van der Waals surface area contributed by atoms with E-state index in [9.17, 15) is 9.59 Å². The van der Waals surface area contributed by atoms with Crippen molar-refractivity contribution in [1.29, 1.82) is 0 Å². The van der Waals surface area contributed by atoms with Crippen LogP contribution in [-0.2, 0) is 9.53 Å². The number of hydrogen-bond donors (Lipinski definition) is 1. The number of likely N-dealkylation sites (tertiary alicyclic amines) is 1. The lowest BCUT2D eigenvalue weighted by molar-refractivity contribution is -0.129. The smallest absolute Gasteiger partial charge is 0.409 e. The van der Waals surface area contributed by atoms with Crippen LogP contribution in [0.1, 0.15) is 33.1 Å². The summed E-state index contributed by atoms with van der Waals surface area (Å²) in [6, 6.07) is 0. The van der Waals surface area contributed by atoms with Crippen molar-refractivity contribution in [3.63, 3.8) is 0 Å². The maximum Gasteiger partial charge on any atom is 0.409 e. The third kappa shape index (κ3) is 5.79. The predicted molar refractivity (Wildman–Crippen MR) is 96.6 cm³/mol. The van der Waals surface area contributed by atoms with Gasteiger partial charge in [-0.15, -0.1) is 0 Å². The van der Waals surface area contributed by atoms with Crippen molar-refractivity contribution >= 4 is 18.0 Å². The van der Waals surface area contributed by atoms with E-state index < -0.39 is 0 Å². The van der Waals surface area contributed by atoms with Crippen LogP contribution < -0.4 is 5.32 Å². The van der Waals surface area contributed by atoms with E-state index in [1.165, 1.54) is 0 Å². The van der Waals surface area contributed by atoms with Crippen LogP contribution in [-0.4, -0.2) is 91.6 Å². The van der Waals surface area contributed by atoms with Crippen LogP contribution in [0.5, 0.6) is 0 Å². The number of carbonyl (C=O) groups is 2. The van der Waals surface area contributed by atoms with E-state index in [1.807, 2.05) is 18.7 Å². The van der Waals surface area contributed by atoms with Gasteiger partial charge in [-0.25, -0.2) is 4.79 Å². The van der Waals surface area contributed by atoms with Crippen LogP contribution in [0.4, 0.5) is 4.79 Å². The topological polar surface area (TPSA) is 77.5 Å². The highest BCUT2D eigenvalue weighted by Crippen LogP contribution is 2.09. The number of rotatable bonds is 5. The number of nitrogens with one attached hydrogen (secondary N) is 1. The molecule has 0 unspecified atom stereocenters. The fraction of sp³-hybridized carbons (Fsp3) is 0.824. The second kappa shape index (κ2) is 10.1. The van der Waals surface area contributed by atoms with Crippen molar-refractivity contribution in [3.8, 4) is 0 Å². The first-order valence-electron chi connectivity index (χ1n) is 9.38. The van der Waals surface area contributed by atoms with Crippen molar-refractivity contribution in [2.24, 2.45) is 4.99 Å².